The van der Waals surface area contributed by atoms with Gasteiger partial charge in [0, 0.05) is 39.1 Å². The number of rotatable bonds is 5. The lowest BCUT2D eigenvalue weighted by molar-refractivity contribution is 0.163. The Bertz CT molecular complexity index is 643. The number of amides is 2. The summed E-state index contributed by atoms with van der Waals surface area (Å²) in [6.45, 7) is 4.49. The van der Waals surface area contributed by atoms with E-state index in [0.717, 1.165) is 44.7 Å². The molecule has 0 spiro atoms. The summed E-state index contributed by atoms with van der Waals surface area (Å²) in [6.07, 6.45) is 8.53. The van der Waals surface area contributed by atoms with Crippen LogP contribution in [0.3, 0.4) is 0 Å². The molecule has 24 heavy (non-hydrogen) atoms. The first-order valence-electron chi connectivity index (χ1n) is 8.50. The maximum Gasteiger partial charge on any atom is 0.317 e. The third-order valence-electron chi connectivity index (χ3n) is 4.70. The Labute approximate surface area is 141 Å². The first-order chi connectivity index (χ1) is 11.6. The van der Waals surface area contributed by atoms with Gasteiger partial charge in [-0.05, 0) is 38.2 Å². The third-order valence-corrected chi connectivity index (χ3v) is 4.70. The molecular formula is C16H25N7O. The SMILES string of the molecule is C[C@@H](NC(=O)N1CCC(CCn2cccn2)CC1)c1ncnn1C. The number of likely N-dealkylation sites (tertiary alicyclic amines) is 1. The van der Waals surface area contributed by atoms with Crippen molar-refractivity contribution in [2.75, 3.05) is 13.1 Å². The van der Waals surface area contributed by atoms with E-state index in [9.17, 15) is 4.79 Å². The van der Waals surface area contributed by atoms with E-state index in [1.165, 1.54) is 6.33 Å². The van der Waals surface area contributed by atoms with Crippen LogP contribution in [0, 0.1) is 5.92 Å². The largest absolute Gasteiger partial charge is 0.328 e. The number of nitrogens with one attached hydrogen (secondary N) is 1. The molecular weight excluding hydrogens is 306 g/mol. The van der Waals surface area contributed by atoms with Gasteiger partial charge in [0.2, 0.25) is 0 Å². The first-order valence-corrected chi connectivity index (χ1v) is 8.50. The minimum Gasteiger partial charge on any atom is -0.328 e. The number of nitrogens with zero attached hydrogens (tertiary/aromatic N) is 6. The summed E-state index contributed by atoms with van der Waals surface area (Å²) in [7, 11) is 1.83. The molecule has 8 heteroatoms. The Kier molecular flexibility index (Phi) is 5.12. The topological polar surface area (TPSA) is 80.9 Å². The lowest BCUT2D eigenvalue weighted by atomic mass is 9.94. The summed E-state index contributed by atoms with van der Waals surface area (Å²) in [4.78, 5) is 18.5. The van der Waals surface area contributed by atoms with Gasteiger partial charge in [-0.1, -0.05) is 0 Å². The van der Waals surface area contributed by atoms with Crippen LogP contribution in [0.15, 0.2) is 24.8 Å². The van der Waals surface area contributed by atoms with Gasteiger partial charge in [0.15, 0.2) is 0 Å². The van der Waals surface area contributed by atoms with Crippen molar-refractivity contribution >= 4 is 6.03 Å². The van der Waals surface area contributed by atoms with Crippen LogP contribution >= 0.6 is 0 Å². The Morgan fingerprint density at radius 1 is 1.38 bits per heavy atom. The van der Waals surface area contributed by atoms with Crippen LogP contribution in [0.1, 0.15) is 38.1 Å². The lowest BCUT2D eigenvalue weighted by Crippen LogP contribution is -2.45. The summed E-state index contributed by atoms with van der Waals surface area (Å²) in [5.74, 6) is 1.42. The number of hydrogen-bond acceptors (Lipinski definition) is 4. The van der Waals surface area contributed by atoms with Gasteiger partial charge in [0.05, 0.1) is 6.04 Å². The molecule has 0 radical (unpaired) electrons. The molecule has 8 nitrogen and oxygen atoms in total. The molecule has 0 bridgehead atoms. The highest BCUT2D eigenvalue weighted by Gasteiger charge is 2.24. The molecule has 1 fully saturated rings. The number of aromatic nitrogens is 5. The number of carbonyl (C=O) groups excluding carboxylic acids is 1. The van der Waals surface area contributed by atoms with Gasteiger partial charge in [-0.2, -0.15) is 10.2 Å². The molecule has 3 rings (SSSR count). The smallest absolute Gasteiger partial charge is 0.317 e. The molecule has 0 aromatic carbocycles. The average Bonchev–Trinajstić information content (AvgIpc) is 3.24. The summed E-state index contributed by atoms with van der Waals surface area (Å²) in [5.41, 5.74) is 0. The zero-order valence-electron chi connectivity index (χ0n) is 14.3. The molecule has 1 atom stereocenters. The van der Waals surface area contributed by atoms with Gasteiger partial charge in [0.25, 0.3) is 0 Å². The molecule has 0 aliphatic carbocycles. The highest BCUT2D eigenvalue weighted by molar-refractivity contribution is 5.74. The van der Waals surface area contributed by atoms with Gasteiger partial charge in [-0.15, -0.1) is 0 Å². The second-order valence-electron chi connectivity index (χ2n) is 6.40. The van der Waals surface area contributed by atoms with Crippen LogP contribution in [0.2, 0.25) is 0 Å². The predicted octanol–water partition coefficient (Wildman–Crippen LogP) is 1.58. The van der Waals surface area contributed by atoms with Gasteiger partial charge in [-0.25, -0.2) is 9.78 Å². The molecule has 1 aliphatic rings. The summed E-state index contributed by atoms with van der Waals surface area (Å²) >= 11 is 0. The highest BCUT2D eigenvalue weighted by Crippen LogP contribution is 2.21. The van der Waals surface area contributed by atoms with Crippen molar-refractivity contribution < 1.29 is 4.79 Å². The Balaban J connectivity index is 1.42. The molecule has 2 amide bonds. The molecule has 1 N–H and O–H groups in total. The van der Waals surface area contributed by atoms with Crippen LogP contribution in [0.25, 0.3) is 0 Å². The maximum atomic E-state index is 12.4. The van der Waals surface area contributed by atoms with Crippen LogP contribution < -0.4 is 5.32 Å². The van der Waals surface area contributed by atoms with Crippen molar-refractivity contribution in [1.29, 1.82) is 0 Å². The van der Waals surface area contributed by atoms with E-state index in [2.05, 4.69) is 20.5 Å². The van der Waals surface area contributed by atoms with Crippen LogP contribution in [-0.2, 0) is 13.6 Å². The predicted molar refractivity (Wildman–Crippen MR) is 89.1 cm³/mol. The zero-order chi connectivity index (χ0) is 16.9. The minimum atomic E-state index is -0.150. The van der Waals surface area contributed by atoms with Crippen molar-refractivity contribution in [3.05, 3.63) is 30.6 Å². The minimum absolute atomic E-state index is 0.0176. The fourth-order valence-corrected chi connectivity index (χ4v) is 3.21. The number of piperidine rings is 1. The van der Waals surface area contributed by atoms with Crippen LogP contribution in [0.5, 0.6) is 0 Å². The van der Waals surface area contributed by atoms with Crippen LogP contribution in [-0.4, -0.2) is 48.6 Å². The van der Waals surface area contributed by atoms with Gasteiger partial charge >= 0.3 is 6.03 Å². The van der Waals surface area contributed by atoms with E-state index in [1.54, 1.807) is 4.68 Å². The third kappa shape index (κ3) is 3.93. The van der Waals surface area contributed by atoms with E-state index in [4.69, 9.17) is 0 Å². The van der Waals surface area contributed by atoms with E-state index in [1.807, 2.05) is 42.0 Å². The lowest BCUT2D eigenvalue weighted by Gasteiger charge is -2.32. The molecule has 1 saturated heterocycles. The molecule has 130 valence electrons. The Morgan fingerprint density at radius 3 is 2.79 bits per heavy atom. The highest BCUT2D eigenvalue weighted by atomic mass is 16.2. The standard InChI is InChI=1S/C16H25N7O/c1-13(15-17-12-19-21(15)2)20-16(24)22-9-4-14(5-10-22)6-11-23-8-3-7-18-23/h3,7-8,12-14H,4-6,9-11H2,1-2H3,(H,20,24)/t13-/m1/s1. The van der Waals surface area contributed by atoms with Crippen LogP contribution in [0.4, 0.5) is 4.79 Å². The number of aryl methyl sites for hydroxylation is 2. The fourth-order valence-electron chi connectivity index (χ4n) is 3.21. The van der Waals surface area contributed by atoms with Crippen molar-refractivity contribution in [3.8, 4) is 0 Å². The van der Waals surface area contributed by atoms with Crippen molar-refractivity contribution in [2.24, 2.45) is 13.0 Å². The van der Waals surface area contributed by atoms with Crippen molar-refractivity contribution in [3.63, 3.8) is 0 Å². The molecule has 0 saturated carbocycles. The maximum absolute atomic E-state index is 12.4. The van der Waals surface area contributed by atoms with Gasteiger partial charge in [-0.3, -0.25) is 9.36 Å². The molecule has 2 aromatic rings. The van der Waals surface area contributed by atoms with E-state index in [-0.39, 0.29) is 12.1 Å². The summed E-state index contributed by atoms with van der Waals surface area (Å²) in [5, 5.41) is 11.3. The number of carbonyl (C=O) groups is 1. The summed E-state index contributed by atoms with van der Waals surface area (Å²) in [6, 6.07) is 1.78. The van der Waals surface area contributed by atoms with Gasteiger partial charge in [0.1, 0.15) is 12.2 Å². The average molecular weight is 331 g/mol. The first kappa shape index (κ1) is 16.5. The fraction of sp³-hybridized carbons (Fsp3) is 0.625. The second-order valence-corrected chi connectivity index (χ2v) is 6.40. The quantitative estimate of drug-likeness (QED) is 0.902. The second kappa shape index (κ2) is 7.46. The van der Waals surface area contributed by atoms with Gasteiger partial charge < -0.3 is 10.2 Å². The van der Waals surface area contributed by atoms with E-state index < -0.39 is 0 Å². The van der Waals surface area contributed by atoms with Crippen molar-refractivity contribution in [2.45, 2.75) is 38.8 Å². The van der Waals surface area contributed by atoms with Crippen molar-refractivity contribution in [1.82, 2.24) is 34.8 Å². The Morgan fingerprint density at radius 2 is 2.17 bits per heavy atom. The monoisotopic (exact) mass is 331 g/mol. The normalized spacial score (nSPS) is 17.0. The molecule has 2 aromatic heterocycles. The number of urea groups is 1. The zero-order valence-corrected chi connectivity index (χ0v) is 14.3. The van der Waals surface area contributed by atoms with E-state index >= 15 is 0 Å². The number of hydrogen-bond donors (Lipinski definition) is 1. The molecule has 0 unspecified atom stereocenters. The molecule has 1 aliphatic heterocycles. The molecule has 3 heterocycles. The summed E-state index contributed by atoms with van der Waals surface area (Å²) < 4.78 is 3.66. The van der Waals surface area contributed by atoms with E-state index in [0.29, 0.717) is 5.92 Å². The Hall–Kier alpha value is -2.38.